The zero-order valence-electron chi connectivity index (χ0n) is 16.0. The number of anilines is 1. The number of benzene rings is 1. The van der Waals surface area contributed by atoms with E-state index in [1.807, 2.05) is 35.1 Å². The second kappa shape index (κ2) is 8.92. The van der Waals surface area contributed by atoms with E-state index < -0.39 is 0 Å². The summed E-state index contributed by atoms with van der Waals surface area (Å²) in [6, 6.07) is 11.4. The van der Waals surface area contributed by atoms with Crippen molar-refractivity contribution < 1.29 is 4.74 Å². The lowest BCUT2D eigenvalue weighted by atomic mass is 10.2. The first kappa shape index (κ1) is 20.5. The lowest BCUT2D eigenvalue weighted by Gasteiger charge is -2.10. The van der Waals surface area contributed by atoms with Gasteiger partial charge in [-0.1, -0.05) is 23.2 Å². The third kappa shape index (κ3) is 4.21. The van der Waals surface area contributed by atoms with Crippen LogP contribution >= 0.6 is 34.5 Å². The van der Waals surface area contributed by atoms with Crippen molar-refractivity contribution in [3.8, 4) is 22.4 Å². The van der Waals surface area contributed by atoms with Crippen LogP contribution in [0.1, 0.15) is 12.6 Å². The highest BCUT2D eigenvalue weighted by atomic mass is 35.5. The van der Waals surface area contributed by atoms with Crippen molar-refractivity contribution in [3.63, 3.8) is 0 Å². The van der Waals surface area contributed by atoms with Gasteiger partial charge in [0.2, 0.25) is 0 Å². The van der Waals surface area contributed by atoms with Crippen LogP contribution in [0.15, 0.2) is 42.0 Å². The number of rotatable bonds is 7. The third-order valence-corrected chi connectivity index (χ3v) is 5.96. The van der Waals surface area contributed by atoms with E-state index in [1.54, 1.807) is 23.5 Å². The number of nitriles is 1. The molecule has 0 atom stereocenters. The largest absolute Gasteiger partial charge is 0.493 e. The van der Waals surface area contributed by atoms with E-state index in [4.69, 9.17) is 27.9 Å². The molecule has 3 aromatic heterocycles. The fourth-order valence-electron chi connectivity index (χ4n) is 3.20. The molecule has 0 amide bonds. The molecule has 1 aromatic carbocycles. The first-order chi connectivity index (χ1) is 14.6. The fraction of sp³-hybridized carbons (Fsp3) is 0.190. The number of nitrogens with one attached hydrogen (secondary N) is 1. The summed E-state index contributed by atoms with van der Waals surface area (Å²) in [6.45, 7) is 3.70. The van der Waals surface area contributed by atoms with Crippen LogP contribution in [0.5, 0.6) is 5.75 Å². The minimum absolute atomic E-state index is 0.529. The van der Waals surface area contributed by atoms with Gasteiger partial charge in [0.25, 0.3) is 0 Å². The second-order valence-corrected chi connectivity index (χ2v) is 8.16. The van der Waals surface area contributed by atoms with E-state index in [0.29, 0.717) is 41.3 Å². The van der Waals surface area contributed by atoms with Crippen molar-refractivity contribution in [1.82, 2.24) is 14.5 Å². The average Bonchev–Trinajstić information content (AvgIpc) is 3.34. The molecular formula is C21H17Cl2N5OS. The highest BCUT2D eigenvalue weighted by Gasteiger charge is 2.12. The number of hydrogen-bond donors (Lipinski definition) is 1. The standard InChI is InChI=1S/C21H17Cl2N5OS/c1-2-29-15-8-20(30-11-15)18-9-21(27-12-26-18)25-3-4-28-14(10-24)7-16-17(23)5-13(22)6-19(16)28/h5-9,11-12H,2-4H2,1H3,(H,25,26,27). The van der Waals surface area contributed by atoms with Gasteiger partial charge in [0.1, 0.15) is 29.7 Å². The van der Waals surface area contributed by atoms with Gasteiger partial charge < -0.3 is 14.6 Å². The number of ether oxygens (including phenoxy) is 1. The van der Waals surface area contributed by atoms with Gasteiger partial charge in [-0.2, -0.15) is 5.26 Å². The van der Waals surface area contributed by atoms with Crippen molar-refractivity contribution in [2.24, 2.45) is 0 Å². The van der Waals surface area contributed by atoms with Gasteiger partial charge in [0.05, 0.1) is 27.7 Å². The molecule has 0 saturated heterocycles. The average molecular weight is 458 g/mol. The lowest BCUT2D eigenvalue weighted by Crippen LogP contribution is -2.12. The van der Waals surface area contributed by atoms with E-state index in [2.05, 4.69) is 21.4 Å². The topological polar surface area (TPSA) is 75.8 Å². The van der Waals surface area contributed by atoms with Gasteiger partial charge >= 0.3 is 0 Å². The second-order valence-electron chi connectivity index (χ2n) is 6.41. The molecule has 0 aliphatic carbocycles. The Hall–Kier alpha value is -2.79. The molecule has 0 radical (unpaired) electrons. The Morgan fingerprint density at radius 1 is 1.20 bits per heavy atom. The Bertz CT molecular complexity index is 1240. The molecule has 6 nitrogen and oxygen atoms in total. The van der Waals surface area contributed by atoms with Crippen molar-refractivity contribution in [2.45, 2.75) is 13.5 Å². The van der Waals surface area contributed by atoms with E-state index in [9.17, 15) is 5.26 Å². The van der Waals surface area contributed by atoms with Gasteiger partial charge in [-0.15, -0.1) is 11.3 Å². The zero-order valence-corrected chi connectivity index (χ0v) is 18.4. The summed E-state index contributed by atoms with van der Waals surface area (Å²) < 4.78 is 7.42. The molecule has 0 spiro atoms. The SMILES string of the molecule is CCOc1csc(-c2cc(NCCn3c(C#N)cc4c(Cl)cc(Cl)cc43)ncn2)c1. The Morgan fingerprint density at radius 2 is 2.07 bits per heavy atom. The lowest BCUT2D eigenvalue weighted by molar-refractivity contribution is 0.342. The first-order valence-corrected chi connectivity index (χ1v) is 10.9. The summed E-state index contributed by atoms with van der Waals surface area (Å²) in [7, 11) is 0. The number of fused-ring (bicyclic) bond motifs is 1. The number of thiophene rings is 1. The molecule has 4 rings (SSSR count). The van der Waals surface area contributed by atoms with E-state index in [0.717, 1.165) is 27.2 Å². The van der Waals surface area contributed by atoms with Gasteiger partial charge in [0, 0.05) is 41.0 Å². The highest BCUT2D eigenvalue weighted by molar-refractivity contribution is 7.13. The highest BCUT2D eigenvalue weighted by Crippen LogP contribution is 2.32. The van der Waals surface area contributed by atoms with Gasteiger partial charge in [-0.3, -0.25) is 0 Å². The van der Waals surface area contributed by atoms with Crippen LogP contribution in [0.4, 0.5) is 5.82 Å². The fourth-order valence-corrected chi connectivity index (χ4v) is 4.53. The maximum atomic E-state index is 9.50. The molecule has 0 unspecified atom stereocenters. The third-order valence-electron chi connectivity index (χ3n) is 4.50. The van der Waals surface area contributed by atoms with Crippen LogP contribution < -0.4 is 10.1 Å². The number of aromatic nitrogens is 3. The summed E-state index contributed by atoms with van der Waals surface area (Å²) in [4.78, 5) is 9.66. The normalized spacial score (nSPS) is 10.9. The maximum Gasteiger partial charge on any atom is 0.130 e. The van der Waals surface area contributed by atoms with Gasteiger partial charge in [-0.25, -0.2) is 9.97 Å². The van der Waals surface area contributed by atoms with Crippen LogP contribution in [0, 0.1) is 11.3 Å². The van der Waals surface area contributed by atoms with Gasteiger partial charge in [0.15, 0.2) is 0 Å². The Balaban J connectivity index is 1.50. The minimum atomic E-state index is 0.529. The molecule has 0 bridgehead atoms. The molecule has 4 aromatic rings. The molecule has 152 valence electrons. The molecule has 0 aliphatic heterocycles. The number of hydrogen-bond acceptors (Lipinski definition) is 6. The van der Waals surface area contributed by atoms with E-state index >= 15 is 0 Å². The van der Waals surface area contributed by atoms with Crippen molar-refractivity contribution >= 4 is 51.3 Å². The van der Waals surface area contributed by atoms with E-state index in [1.165, 1.54) is 6.33 Å². The molecule has 0 aliphatic rings. The number of halogens is 2. The predicted molar refractivity (Wildman–Crippen MR) is 122 cm³/mol. The maximum absolute atomic E-state index is 9.50. The molecule has 30 heavy (non-hydrogen) atoms. The van der Waals surface area contributed by atoms with Gasteiger partial charge in [-0.05, 0) is 25.1 Å². The smallest absolute Gasteiger partial charge is 0.130 e. The quantitative estimate of drug-likeness (QED) is 0.376. The molecule has 0 fully saturated rings. The predicted octanol–water partition coefficient (Wildman–Crippen LogP) is 5.85. The first-order valence-electron chi connectivity index (χ1n) is 9.25. The van der Waals surface area contributed by atoms with Crippen LogP contribution in [0.2, 0.25) is 10.0 Å². The Labute approximate surface area is 187 Å². The molecule has 1 N–H and O–H groups in total. The van der Waals surface area contributed by atoms with Crippen molar-refractivity contribution in [2.75, 3.05) is 18.5 Å². The molecule has 9 heteroatoms. The van der Waals surface area contributed by atoms with Crippen LogP contribution in [-0.2, 0) is 6.54 Å². The molecule has 3 heterocycles. The number of nitrogens with zero attached hydrogens (tertiary/aromatic N) is 4. The Kier molecular flexibility index (Phi) is 6.09. The summed E-state index contributed by atoms with van der Waals surface area (Å²) in [6.07, 6.45) is 1.53. The summed E-state index contributed by atoms with van der Waals surface area (Å²) >= 11 is 14.0. The van der Waals surface area contributed by atoms with Crippen LogP contribution in [-0.4, -0.2) is 27.7 Å². The summed E-state index contributed by atoms with van der Waals surface area (Å²) in [5.41, 5.74) is 2.18. The summed E-state index contributed by atoms with van der Waals surface area (Å²) in [5, 5.41) is 16.6. The van der Waals surface area contributed by atoms with Crippen molar-refractivity contribution in [1.29, 1.82) is 5.26 Å². The van der Waals surface area contributed by atoms with Crippen LogP contribution in [0.25, 0.3) is 21.5 Å². The summed E-state index contributed by atoms with van der Waals surface area (Å²) in [5.74, 6) is 1.55. The minimum Gasteiger partial charge on any atom is -0.493 e. The molecular weight excluding hydrogens is 441 g/mol. The zero-order chi connectivity index (χ0) is 21.1. The monoisotopic (exact) mass is 457 g/mol. The van der Waals surface area contributed by atoms with Crippen LogP contribution in [0.3, 0.4) is 0 Å². The molecule has 0 saturated carbocycles. The Morgan fingerprint density at radius 3 is 2.87 bits per heavy atom. The van der Waals surface area contributed by atoms with Crippen molar-refractivity contribution in [3.05, 3.63) is 57.8 Å². The van der Waals surface area contributed by atoms with E-state index in [-0.39, 0.29) is 0 Å².